The van der Waals surface area contributed by atoms with E-state index in [9.17, 15) is 19.5 Å². The van der Waals surface area contributed by atoms with Gasteiger partial charge in [-0.15, -0.1) is 0 Å². The second-order valence-corrected chi connectivity index (χ2v) is 4.49. The molecule has 2 aromatic rings. The fourth-order valence-electron chi connectivity index (χ4n) is 2.01. The summed E-state index contributed by atoms with van der Waals surface area (Å²) in [6.45, 7) is 0. The lowest BCUT2D eigenvalue weighted by Crippen LogP contribution is -2.54. The van der Waals surface area contributed by atoms with E-state index in [1.54, 1.807) is 12.1 Å². The van der Waals surface area contributed by atoms with Gasteiger partial charge in [-0.25, -0.2) is 9.69 Å². The molecule has 4 amide bonds. The zero-order valence-corrected chi connectivity index (χ0v) is 11.1. The minimum absolute atomic E-state index is 0.00366. The minimum atomic E-state index is -0.850. The number of hydrogen-bond acceptors (Lipinski definition) is 5. The molecular formula is C15H10N2O5. The van der Waals surface area contributed by atoms with Crippen LogP contribution in [0.2, 0.25) is 0 Å². The summed E-state index contributed by atoms with van der Waals surface area (Å²) in [5.41, 5.74) is 0.0146. The molecule has 3 rings (SSSR count). The maximum atomic E-state index is 12.4. The molecule has 0 radical (unpaired) electrons. The summed E-state index contributed by atoms with van der Waals surface area (Å²) in [7, 11) is 0. The molecule has 2 N–H and O–H groups in total. The van der Waals surface area contributed by atoms with Gasteiger partial charge in [0.15, 0.2) is 0 Å². The van der Waals surface area contributed by atoms with Crippen LogP contribution in [-0.4, -0.2) is 23.0 Å². The van der Waals surface area contributed by atoms with Gasteiger partial charge in [0.25, 0.3) is 11.8 Å². The van der Waals surface area contributed by atoms with Gasteiger partial charge in [0, 0.05) is 0 Å². The van der Waals surface area contributed by atoms with Crippen molar-refractivity contribution in [1.29, 1.82) is 0 Å². The third kappa shape index (κ3) is 2.35. The summed E-state index contributed by atoms with van der Waals surface area (Å²) in [6.07, 6.45) is 2.66. The number of hydrogen-bond donors (Lipinski definition) is 2. The lowest BCUT2D eigenvalue weighted by atomic mass is 10.1. The molecule has 0 bridgehead atoms. The second-order valence-electron chi connectivity index (χ2n) is 4.49. The Hall–Kier alpha value is -3.35. The molecule has 1 aromatic carbocycles. The van der Waals surface area contributed by atoms with Gasteiger partial charge in [0.1, 0.15) is 17.1 Å². The molecule has 7 nitrogen and oxygen atoms in total. The number of anilines is 1. The van der Waals surface area contributed by atoms with Crippen LogP contribution >= 0.6 is 0 Å². The third-order valence-corrected chi connectivity index (χ3v) is 3.04. The summed E-state index contributed by atoms with van der Waals surface area (Å²) in [5.74, 6) is -1.24. The monoisotopic (exact) mass is 298 g/mol. The number of benzene rings is 1. The van der Waals surface area contributed by atoms with Crippen LogP contribution in [0, 0.1) is 0 Å². The predicted octanol–water partition coefficient (Wildman–Crippen LogP) is 1.65. The van der Waals surface area contributed by atoms with E-state index in [0.717, 1.165) is 4.90 Å². The number of amides is 4. The summed E-state index contributed by atoms with van der Waals surface area (Å²) in [5, 5.41) is 11.4. The normalized spacial score (nSPS) is 17.0. The summed E-state index contributed by atoms with van der Waals surface area (Å²) < 4.78 is 5.07. The Labute approximate surface area is 124 Å². The van der Waals surface area contributed by atoms with Crippen molar-refractivity contribution >= 4 is 29.6 Å². The Bertz CT molecular complexity index is 775. The fraction of sp³-hybridized carbons (Fsp3) is 0. The maximum Gasteiger partial charge on any atom is 0.335 e. The smallest absolute Gasteiger partial charge is 0.335 e. The van der Waals surface area contributed by atoms with Crippen LogP contribution in [0.15, 0.2) is 52.7 Å². The number of phenols is 1. The molecule has 0 unspecified atom stereocenters. The standard InChI is InChI=1S/C15H10N2O5/c18-10-5-3-9(4-6-10)17-14(20)12(13(19)16-15(17)21)8-11-2-1-7-22-11/h1-8,18H,(H,16,19,21)/b12-8+. The number of carbonyl (C=O) groups excluding carboxylic acids is 3. The third-order valence-electron chi connectivity index (χ3n) is 3.04. The number of nitrogens with one attached hydrogen (secondary N) is 1. The molecule has 1 aromatic heterocycles. The predicted molar refractivity (Wildman–Crippen MR) is 75.8 cm³/mol. The van der Waals surface area contributed by atoms with Crippen molar-refractivity contribution < 1.29 is 23.9 Å². The van der Waals surface area contributed by atoms with E-state index in [1.807, 2.05) is 0 Å². The van der Waals surface area contributed by atoms with Gasteiger partial charge < -0.3 is 9.52 Å². The van der Waals surface area contributed by atoms with Crippen molar-refractivity contribution in [3.8, 4) is 5.75 Å². The fourth-order valence-corrected chi connectivity index (χ4v) is 2.01. The molecule has 1 aliphatic rings. The van der Waals surface area contributed by atoms with Gasteiger partial charge in [0.05, 0.1) is 12.0 Å². The lowest BCUT2D eigenvalue weighted by molar-refractivity contribution is -0.122. The summed E-state index contributed by atoms with van der Waals surface area (Å²) >= 11 is 0. The zero-order chi connectivity index (χ0) is 15.7. The molecule has 0 aliphatic carbocycles. The van der Waals surface area contributed by atoms with E-state index >= 15 is 0 Å². The number of phenolic OH excluding ortho intramolecular Hbond substituents is 1. The first kappa shape index (κ1) is 13.6. The summed E-state index contributed by atoms with van der Waals surface area (Å²) in [4.78, 5) is 37.0. The highest BCUT2D eigenvalue weighted by atomic mass is 16.3. The number of urea groups is 1. The molecule has 0 saturated carbocycles. The van der Waals surface area contributed by atoms with Crippen LogP contribution in [-0.2, 0) is 9.59 Å². The van der Waals surface area contributed by atoms with Crippen molar-refractivity contribution in [2.45, 2.75) is 0 Å². The highest BCUT2D eigenvalue weighted by Crippen LogP contribution is 2.23. The SMILES string of the molecule is O=C1NC(=O)N(c2ccc(O)cc2)C(=O)/C1=C/c1ccco1. The lowest BCUT2D eigenvalue weighted by Gasteiger charge is -2.26. The molecule has 7 heteroatoms. The number of carbonyl (C=O) groups is 3. The minimum Gasteiger partial charge on any atom is -0.508 e. The van der Waals surface area contributed by atoms with E-state index in [2.05, 4.69) is 5.32 Å². The first-order valence-electron chi connectivity index (χ1n) is 6.30. The van der Waals surface area contributed by atoms with E-state index in [1.165, 1.54) is 36.6 Å². The largest absolute Gasteiger partial charge is 0.508 e. The molecule has 1 fully saturated rings. The molecule has 1 aliphatic heterocycles. The molecule has 110 valence electrons. The number of aromatic hydroxyl groups is 1. The average Bonchev–Trinajstić information content (AvgIpc) is 2.98. The van der Waals surface area contributed by atoms with Crippen LogP contribution in [0.1, 0.15) is 5.76 Å². The molecule has 22 heavy (non-hydrogen) atoms. The quantitative estimate of drug-likeness (QED) is 0.648. The second kappa shape index (κ2) is 5.21. The van der Waals surface area contributed by atoms with Crippen LogP contribution < -0.4 is 10.2 Å². The Morgan fingerprint density at radius 1 is 1.09 bits per heavy atom. The molecule has 2 heterocycles. The van der Waals surface area contributed by atoms with Crippen LogP contribution in [0.4, 0.5) is 10.5 Å². The first-order valence-corrected chi connectivity index (χ1v) is 6.30. The molecule has 1 saturated heterocycles. The average molecular weight is 298 g/mol. The van der Waals surface area contributed by atoms with Gasteiger partial charge in [-0.2, -0.15) is 0 Å². The Morgan fingerprint density at radius 2 is 1.82 bits per heavy atom. The Balaban J connectivity index is 2.01. The number of furan rings is 1. The molecular weight excluding hydrogens is 288 g/mol. The number of nitrogens with zero attached hydrogens (tertiary/aromatic N) is 1. The Kier molecular flexibility index (Phi) is 3.23. The molecule has 0 atom stereocenters. The van der Waals surface area contributed by atoms with E-state index < -0.39 is 17.8 Å². The highest BCUT2D eigenvalue weighted by molar-refractivity contribution is 6.39. The van der Waals surface area contributed by atoms with Crippen molar-refractivity contribution in [1.82, 2.24) is 5.32 Å². The van der Waals surface area contributed by atoms with Crippen molar-refractivity contribution in [3.63, 3.8) is 0 Å². The van der Waals surface area contributed by atoms with Gasteiger partial charge >= 0.3 is 6.03 Å². The maximum absolute atomic E-state index is 12.4. The number of barbiturate groups is 1. The van der Waals surface area contributed by atoms with Gasteiger partial charge in [0.2, 0.25) is 0 Å². The van der Waals surface area contributed by atoms with Crippen molar-refractivity contribution in [3.05, 3.63) is 54.0 Å². The topological polar surface area (TPSA) is 99.9 Å². The highest BCUT2D eigenvalue weighted by Gasteiger charge is 2.36. The number of rotatable bonds is 2. The van der Waals surface area contributed by atoms with Crippen LogP contribution in [0.25, 0.3) is 6.08 Å². The van der Waals surface area contributed by atoms with Crippen molar-refractivity contribution in [2.75, 3.05) is 4.90 Å². The van der Waals surface area contributed by atoms with Gasteiger partial charge in [-0.1, -0.05) is 0 Å². The van der Waals surface area contributed by atoms with Crippen LogP contribution in [0.5, 0.6) is 5.75 Å². The number of imide groups is 2. The van der Waals surface area contributed by atoms with Gasteiger partial charge in [-0.05, 0) is 42.5 Å². The Morgan fingerprint density at radius 3 is 2.45 bits per heavy atom. The van der Waals surface area contributed by atoms with Crippen LogP contribution in [0.3, 0.4) is 0 Å². The van der Waals surface area contributed by atoms with E-state index in [4.69, 9.17) is 4.42 Å². The van der Waals surface area contributed by atoms with Gasteiger partial charge in [-0.3, -0.25) is 14.9 Å². The first-order chi connectivity index (χ1) is 10.6. The van der Waals surface area contributed by atoms with E-state index in [0.29, 0.717) is 5.76 Å². The summed E-state index contributed by atoms with van der Waals surface area (Å²) in [6, 6.07) is 7.80. The van der Waals surface area contributed by atoms with Crippen molar-refractivity contribution in [2.24, 2.45) is 0 Å². The van der Waals surface area contributed by atoms with E-state index in [-0.39, 0.29) is 17.0 Å². The molecule has 0 spiro atoms. The zero-order valence-electron chi connectivity index (χ0n) is 11.1.